The average Bonchev–Trinajstić information content (AvgIpc) is 3.04. The maximum Gasteiger partial charge on any atom is 0.169 e. The minimum atomic E-state index is -0.444. The van der Waals surface area contributed by atoms with Gasteiger partial charge in [-0.15, -0.1) is 0 Å². The molecule has 0 spiro atoms. The standard InChI is InChI=1S/C15H14FNO2/c1-2-12-10(6-7-18-12)14(17)13-8-9-4-3-5-11(16)15(9)19-13/h3-8,14H,2,17H2,1H3. The zero-order valence-corrected chi connectivity index (χ0v) is 10.5. The highest BCUT2D eigenvalue weighted by Crippen LogP contribution is 2.30. The van der Waals surface area contributed by atoms with E-state index in [-0.39, 0.29) is 11.4 Å². The van der Waals surface area contributed by atoms with Crippen LogP contribution in [0.15, 0.2) is 45.4 Å². The van der Waals surface area contributed by atoms with Crippen molar-refractivity contribution in [2.24, 2.45) is 5.73 Å². The van der Waals surface area contributed by atoms with Crippen LogP contribution in [0.3, 0.4) is 0 Å². The van der Waals surface area contributed by atoms with Gasteiger partial charge in [-0.05, 0) is 18.2 Å². The summed E-state index contributed by atoms with van der Waals surface area (Å²) < 4.78 is 24.5. The first kappa shape index (κ1) is 12.0. The van der Waals surface area contributed by atoms with Crippen LogP contribution in [0.2, 0.25) is 0 Å². The molecule has 1 atom stereocenters. The van der Waals surface area contributed by atoms with Crippen LogP contribution in [0.25, 0.3) is 11.0 Å². The van der Waals surface area contributed by atoms with Crippen molar-refractivity contribution in [1.82, 2.24) is 0 Å². The number of benzene rings is 1. The zero-order chi connectivity index (χ0) is 13.4. The number of halogens is 1. The predicted molar refractivity (Wildman–Crippen MR) is 70.3 cm³/mol. The molecule has 0 saturated heterocycles. The second-order valence-corrected chi connectivity index (χ2v) is 4.44. The lowest BCUT2D eigenvalue weighted by Crippen LogP contribution is -2.11. The van der Waals surface area contributed by atoms with E-state index >= 15 is 0 Å². The van der Waals surface area contributed by atoms with E-state index in [9.17, 15) is 4.39 Å². The number of para-hydroxylation sites is 1. The van der Waals surface area contributed by atoms with Crippen LogP contribution >= 0.6 is 0 Å². The molecule has 19 heavy (non-hydrogen) atoms. The molecule has 0 aliphatic heterocycles. The van der Waals surface area contributed by atoms with Gasteiger partial charge in [0.15, 0.2) is 11.4 Å². The first-order valence-corrected chi connectivity index (χ1v) is 6.20. The molecule has 2 N–H and O–H groups in total. The monoisotopic (exact) mass is 259 g/mol. The van der Waals surface area contributed by atoms with Crippen molar-refractivity contribution < 1.29 is 13.2 Å². The van der Waals surface area contributed by atoms with E-state index in [0.29, 0.717) is 11.1 Å². The van der Waals surface area contributed by atoms with E-state index < -0.39 is 6.04 Å². The number of fused-ring (bicyclic) bond motifs is 1. The fourth-order valence-electron chi connectivity index (χ4n) is 2.27. The quantitative estimate of drug-likeness (QED) is 0.778. The molecule has 0 amide bonds. The topological polar surface area (TPSA) is 52.3 Å². The van der Waals surface area contributed by atoms with Crippen molar-refractivity contribution in [3.8, 4) is 0 Å². The molecule has 0 aliphatic carbocycles. The van der Waals surface area contributed by atoms with Crippen molar-refractivity contribution >= 4 is 11.0 Å². The molecule has 1 aromatic carbocycles. The van der Waals surface area contributed by atoms with Gasteiger partial charge >= 0.3 is 0 Å². The van der Waals surface area contributed by atoms with E-state index in [0.717, 1.165) is 17.7 Å². The van der Waals surface area contributed by atoms with Crippen LogP contribution in [0.4, 0.5) is 4.39 Å². The van der Waals surface area contributed by atoms with Crippen LogP contribution in [-0.4, -0.2) is 0 Å². The summed E-state index contributed by atoms with van der Waals surface area (Å²) in [5.74, 6) is 0.989. The van der Waals surface area contributed by atoms with Gasteiger partial charge in [0.2, 0.25) is 0 Å². The maximum absolute atomic E-state index is 13.6. The Bertz CT molecular complexity index is 714. The van der Waals surface area contributed by atoms with E-state index in [1.807, 2.05) is 13.0 Å². The Hall–Kier alpha value is -2.07. The first-order chi connectivity index (χ1) is 9.20. The third kappa shape index (κ3) is 1.94. The molecular weight excluding hydrogens is 245 g/mol. The second kappa shape index (κ2) is 4.55. The van der Waals surface area contributed by atoms with E-state index in [1.54, 1.807) is 24.5 Å². The van der Waals surface area contributed by atoms with Gasteiger partial charge < -0.3 is 14.6 Å². The molecule has 2 aromatic heterocycles. The Morgan fingerprint density at radius 3 is 2.89 bits per heavy atom. The van der Waals surface area contributed by atoms with Crippen molar-refractivity contribution in [2.75, 3.05) is 0 Å². The van der Waals surface area contributed by atoms with Crippen LogP contribution in [-0.2, 0) is 6.42 Å². The van der Waals surface area contributed by atoms with Gasteiger partial charge in [0.25, 0.3) is 0 Å². The van der Waals surface area contributed by atoms with Gasteiger partial charge in [-0.3, -0.25) is 0 Å². The minimum Gasteiger partial charge on any atom is -0.469 e. The number of hydrogen-bond donors (Lipinski definition) is 1. The van der Waals surface area contributed by atoms with Crippen molar-refractivity contribution in [1.29, 1.82) is 0 Å². The Morgan fingerprint density at radius 1 is 1.32 bits per heavy atom. The molecule has 0 saturated carbocycles. The molecule has 4 heteroatoms. The van der Waals surface area contributed by atoms with E-state index in [2.05, 4.69) is 0 Å². The summed E-state index contributed by atoms with van der Waals surface area (Å²) in [4.78, 5) is 0. The Kier molecular flexibility index (Phi) is 2.87. The van der Waals surface area contributed by atoms with Gasteiger partial charge in [0, 0.05) is 17.4 Å². The summed E-state index contributed by atoms with van der Waals surface area (Å²) >= 11 is 0. The molecule has 1 unspecified atom stereocenters. The molecule has 3 nitrogen and oxygen atoms in total. The second-order valence-electron chi connectivity index (χ2n) is 4.44. The van der Waals surface area contributed by atoms with Crippen molar-refractivity contribution in [3.63, 3.8) is 0 Å². The fourth-order valence-corrected chi connectivity index (χ4v) is 2.27. The largest absolute Gasteiger partial charge is 0.469 e. The number of hydrogen-bond acceptors (Lipinski definition) is 3. The third-order valence-corrected chi connectivity index (χ3v) is 3.26. The van der Waals surface area contributed by atoms with Crippen LogP contribution in [0.5, 0.6) is 0 Å². The number of aryl methyl sites for hydroxylation is 1. The van der Waals surface area contributed by atoms with Crippen molar-refractivity contribution in [3.05, 3.63) is 59.5 Å². The molecule has 3 rings (SSSR count). The molecule has 2 heterocycles. The normalized spacial score (nSPS) is 13.0. The van der Waals surface area contributed by atoms with Crippen LogP contribution in [0.1, 0.15) is 30.0 Å². The van der Waals surface area contributed by atoms with Crippen LogP contribution < -0.4 is 5.73 Å². The van der Waals surface area contributed by atoms with Gasteiger partial charge in [-0.2, -0.15) is 0 Å². The van der Waals surface area contributed by atoms with Gasteiger partial charge in [-0.1, -0.05) is 19.1 Å². The highest BCUT2D eigenvalue weighted by molar-refractivity contribution is 5.78. The zero-order valence-electron chi connectivity index (χ0n) is 10.5. The van der Waals surface area contributed by atoms with Gasteiger partial charge in [0.1, 0.15) is 11.5 Å². The lowest BCUT2D eigenvalue weighted by atomic mass is 10.0. The van der Waals surface area contributed by atoms with Crippen LogP contribution in [0, 0.1) is 5.82 Å². The molecule has 0 aliphatic rings. The molecular formula is C15H14FNO2. The Morgan fingerprint density at radius 2 is 2.16 bits per heavy atom. The molecule has 0 fully saturated rings. The molecule has 0 bridgehead atoms. The average molecular weight is 259 g/mol. The Labute approximate surface area is 109 Å². The van der Waals surface area contributed by atoms with Crippen molar-refractivity contribution in [2.45, 2.75) is 19.4 Å². The van der Waals surface area contributed by atoms with Gasteiger partial charge in [0.05, 0.1) is 12.3 Å². The SMILES string of the molecule is CCc1occc1C(N)c1cc2cccc(F)c2o1. The Balaban J connectivity index is 2.07. The van der Waals surface area contributed by atoms with Gasteiger partial charge in [-0.25, -0.2) is 4.39 Å². The summed E-state index contributed by atoms with van der Waals surface area (Å²) in [7, 11) is 0. The third-order valence-electron chi connectivity index (χ3n) is 3.26. The highest BCUT2D eigenvalue weighted by atomic mass is 19.1. The molecule has 3 aromatic rings. The smallest absolute Gasteiger partial charge is 0.169 e. The summed E-state index contributed by atoms with van der Waals surface area (Å²) in [5.41, 5.74) is 7.30. The summed E-state index contributed by atoms with van der Waals surface area (Å²) in [6.07, 6.45) is 2.36. The summed E-state index contributed by atoms with van der Waals surface area (Å²) in [6.45, 7) is 1.99. The minimum absolute atomic E-state index is 0.245. The number of rotatable bonds is 3. The lowest BCUT2D eigenvalue weighted by Gasteiger charge is -2.07. The summed E-state index contributed by atoms with van der Waals surface area (Å²) in [5, 5.41) is 0.715. The maximum atomic E-state index is 13.6. The predicted octanol–water partition coefficient (Wildman–Crippen LogP) is 3.78. The van der Waals surface area contributed by atoms with E-state index in [1.165, 1.54) is 6.07 Å². The number of furan rings is 2. The first-order valence-electron chi connectivity index (χ1n) is 6.20. The van der Waals surface area contributed by atoms with E-state index in [4.69, 9.17) is 14.6 Å². The summed E-state index contributed by atoms with van der Waals surface area (Å²) in [6, 6.07) is 7.98. The molecule has 0 radical (unpaired) electrons. The highest BCUT2D eigenvalue weighted by Gasteiger charge is 2.19. The molecule has 98 valence electrons. The number of nitrogens with two attached hydrogens (primary N) is 1. The lowest BCUT2D eigenvalue weighted by molar-refractivity contribution is 0.485. The fraction of sp³-hybridized carbons (Fsp3) is 0.200.